The van der Waals surface area contributed by atoms with Gasteiger partial charge in [-0.15, -0.1) is 16.4 Å². The highest BCUT2D eigenvalue weighted by Gasteiger charge is 2.07. The van der Waals surface area contributed by atoms with E-state index in [-0.39, 0.29) is 0 Å². The number of benzene rings is 1. The predicted molar refractivity (Wildman–Crippen MR) is 71.6 cm³/mol. The van der Waals surface area contributed by atoms with Crippen molar-refractivity contribution in [1.29, 1.82) is 5.26 Å². The lowest BCUT2D eigenvalue weighted by atomic mass is 10.3. The Kier molecular flexibility index (Phi) is 2.63. The molecule has 18 heavy (non-hydrogen) atoms. The second-order valence-electron chi connectivity index (χ2n) is 3.65. The zero-order valence-electron chi connectivity index (χ0n) is 9.32. The van der Waals surface area contributed by atoms with Crippen LogP contribution < -0.4 is 0 Å². The van der Waals surface area contributed by atoms with Gasteiger partial charge in [0.15, 0.2) is 0 Å². The second kappa shape index (κ2) is 4.43. The van der Waals surface area contributed by atoms with Crippen molar-refractivity contribution in [3.8, 4) is 6.07 Å². The number of rotatable bonds is 2. The molecule has 0 bridgehead atoms. The van der Waals surface area contributed by atoms with E-state index in [1.807, 2.05) is 47.9 Å². The summed E-state index contributed by atoms with van der Waals surface area (Å²) in [5.74, 6) is 0. The molecule has 3 rings (SSSR count). The van der Waals surface area contributed by atoms with E-state index in [1.165, 1.54) is 0 Å². The van der Waals surface area contributed by atoms with Crippen LogP contribution in [0, 0.1) is 11.3 Å². The molecule has 0 saturated heterocycles. The van der Waals surface area contributed by atoms with Gasteiger partial charge in [0.25, 0.3) is 0 Å². The van der Waals surface area contributed by atoms with Crippen LogP contribution in [0.2, 0.25) is 0 Å². The first-order valence-electron chi connectivity index (χ1n) is 5.34. The van der Waals surface area contributed by atoms with Crippen LogP contribution in [0.15, 0.2) is 41.8 Å². The summed E-state index contributed by atoms with van der Waals surface area (Å²) in [4.78, 5) is 1.02. The number of hydrogen-bond donors (Lipinski definition) is 0. The molecule has 0 radical (unpaired) electrons. The lowest BCUT2D eigenvalue weighted by molar-refractivity contribution is 0.849. The van der Waals surface area contributed by atoms with Crippen LogP contribution >= 0.6 is 11.3 Å². The molecule has 3 aromatic rings. The second-order valence-corrected chi connectivity index (χ2v) is 4.63. The number of para-hydroxylation sites is 1. The Bertz CT molecular complexity index is 747. The van der Waals surface area contributed by atoms with E-state index in [4.69, 9.17) is 0 Å². The van der Waals surface area contributed by atoms with Gasteiger partial charge in [0.05, 0.1) is 5.52 Å². The first-order chi connectivity index (χ1) is 8.88. The largest absolute Gasteiger partial charge is 0.202 e. The SMILES string of the molecule is N#C/C(=C\c1cccs1)n1nnc2ccccc21. The van der Waals surface area contributed by atoms with Gasteiger partial charge in [-0.2, -0.15) is 5.26 Å². The van der Waals surface area contributed by atoms with Crippen LogP contribution in [0.3, 0.4) is 0 Å². The molecule has 0 unspecified atom stereocenters. The summed E-state index contributed by atoms with van der Waals surface area (Å²) in [6.07, 6.45) is 1.81. The number of nitrogens with zero attached hydrogens (tertiary/aromatic N) is 4. The number of hydrogen-bond acceptors (Lipinski definition) is 4. The molecule has 0 aliphatic carbocycles. The van der Waals surface area contributed by atoms with Crippen molar-refractivity contribution < 1.29 is 0 Å². The van der Waals surface area contributed by atoms with Gasteiger partial charge in [0, 0.05) is 4.88 Å². The van der Waals surface area contributed by atoms with E-state index < -0.39 is 0 Å². The average molecular weight is 252 g/mol. The highest BCUT2D eigenvalue weighted by molar-refractivity contribution is 7.10. The van der Waals surface area contributed by atoms with Crippen molar-refractivity contribution >= 4 is 34.1 Å². The molecular weight excluding hydrogens is 244 g/mol. The highest BCUT2D eigenvalue weighted by Crippen LogP contribution is 2.19. The monoisotopic (exact) mass is 252 g/mol. The van der Waals surface area contributed by atoms with Gasteiger partial charge in [0.2, 0.25) is 0 Å². The lowest BCUT2D eigenvalue weighted by Gasteiger charge is -1.98. The molecule has 2 heterocycles. The number of nitriles is 1. The van der Waals surface area contributed by atoms with Gasteiger partial charge in [-0.05, 0) is 29.7 Å². The Hall–Kier alpha value is -2.45. The maximum Gasteiger partial charge on any atom is 0.145 e. The summed E-state index contributed by atoms with van der Waals surface area (Å²) in [6.45, 7) is 0. The molecule has 4 nitrogen and oxygen atoms in total. The van der Waals surface area contributed by atoms with E-state index in [9.17, 15) is 5.26 Å². The van der Waals surface area contributed by atoms with Crippen molar-refractivity contribution in [2.24, 2.45) is 0 Å². The van der Waals surface area contributed by atoms with Crippen LogP contribution in [-0.2, 0) is 0 Å². The maximum atomic E-state index is 9.25. The smallest absolute Gasteiger partial charge is 0.145 e. The van der Waals surface area contributed by atoms with E-state index >= 15 is 0 Å². The van der Waals surface area contributed by atoms with Gasteiger partial charge in [-0.3, -0.25) is 0 Å². The molecule has 0 aliphatic rings. The van der Waals surface area contributed by atoms with Gasteiger partial charge in [-0.25, -0.2) is 4.68 Å². The molecule has 86 valence electrons. The number of allylic oxidation sites excluding steroid dienone is 1. The van der Waals surface area contributed by atoms with Crippen LogP contribution in [0.25, 0.3) is 22.8 Å². The number of fused-ring (bicyclic) bond motifs is 1. The third-order valence-corrected chi connectivity index (χ3v) is 3.34. The minimum atomic E-state index is 0.464. The van der Waals surface area contributed by atoms with E-state index in [0.717, 1.165) is 15.9 Å². The Balaban J connectivity index is 2.16. The van der Waals surface area contributed by atoms with Crippen LogP contribution in [0.5, 0.6) is 0 Å². The maximum absolute atomic E-state index is 9.25. The first kappa shape index (κ1) is 10.7. The molecule has 1 aromatic carbocycles. The van der Waals surface area contributed by atoms with Gasteiger partial charge in [0.1, 0.15) is 17.3 Å². The average Bonchev–Trinajstić information content (AvgIpc) is 3.05. The summed E-state index contributed by atoms with van der Waals surface area (Å²) in [5.41, 5.74) is 2.08. The van der Waals surface area contributed by atoms with Gasteiger partial charge < -0.3 is 0 Å². The van der Waals surface area contributed by atoms with Crippen molar-refractivity contribution in [2.75, 3.05) is 0 Å². The molecule has 0 spiro atoms. The standard InChI is InChI=1S/C13H8N4S/c14-9-10(8-11-4-3-7-18-11)17-13-6-2-1-5-12(13)15-16-17/h1-8H/b10-8+. The Morgan fingerprint density at radius 1 is 1.28 bits per heavy atom. The fraction of sp³-hybridized carbons (Fsp3) is 0. The molecule has 0 atom stereocenters. The fourth-order valence-corrected chi connectivity index (χ4v) is 2.35. The normalized spacial score (nSPS) is 11.6. The summed E-state index contributed by atoms with van der Waals surface area (Å²) in [5, 5.41) is 19.3. The van der Waals surface area contributed by atoms with Gasteiger partial charge >= 0.3 is 0 Å². The molecule has 0 aliphatic heterocycles. The van der Waals surface area contributed by atoms with Crippen molar-refractivity contribution in [2.45, 2.75) is 0 Å². The van der Waals surface area contributed by atoms with Crippen molar-refractivity contribution in [3.05, 3.63) is 46.7 Å². The summed E-state index contributed by atoms with van der Waals surface area (Å²) < 4.78 is 1.56. The number of aromatic nitrogens is 3. The predicted octanol–water partition coefficient (Wildman–Crippen LogP) is 3.01. The Labute approximate surface area is 107 Å². The molecule has 0 N–H and O–H groups in total. The van der Waals surface area contributed by atoms with E-state index in [2.05, 4.69) is 16.4 Å². The molecular formula is C13H8N4S. The summed E-state index contributed by atoms with van der Waals surface area (Å²) in [6, 6.07) is 13.6. The third-order valence-electron chi connectivity index (χ3n) is 2.52. The molecule has 0 fully saturated rings. The molecule has 0 saturated carbocycles. The van der Waals surface area contributed by atoms with Crippen molar-refractivity contribution in [1.82, 2.24) is 15.0 Å². The zero-order valence-corrected chi connectivity index (χ0v) is 10.1. The minimum absolute atomic E-state index is 0.464. The molecule has 2 aromatic heterocycles. The zero-order chi connectivity index (χ0) is 12.4. The van der Waals surface area contributed by atoms with Crippen LogP contribution in [-0.4, -0.2) is 15.0 Å². The Morgan fingerprint density at radius 3 is 2.94 bits per heavy atom. The quantitative estimate of drug-likeness (QED) is 0.659. The van der Waals surface area contributed by atoms with Crippen LogP contribution in [0.1, 0.15) is 4.88 Å². The minimum Gasteiger partial charge on any atom is -0.202 e. The topological polar surface area (TPSA) is 54.5 Å². The van der Waals surface area contributed by atoms with E-state index in [0.29, 0.717) is 5.70 Å². The third kappa shape index (κ3) is 1.79. The van der Waals surface area contributed by atoms with E-state index in [1.54, 1.807) is 16.0 Å². The first-order valence-corrected chi connectivity index (χ1v) is 6.22. The molecule has 0 amide bonds. The van der Waals surface area contributed by atoms with Gasteiger partial charge in [-0.1, -0.05) is 23.4 Å². The molecule has 5 heteroatoms. The fourth-order valence-electron chi connectivity index (χ4n) is 1.70. The highest BCUT2D eigenvalue weighted by atomic mass is 32.1. The Morgan fingerprint density at radius 2 is 2.17 bits per heavy atom. The summed E-state index contributed by atoms with van der Waals surface area (Å²) >= 11 is 1.58. The lowest BCUT2D eigenvalue weighted by Crippen LogP contribution is -1.97. The number of thiophene rings is 1. The van der Waals surface area contributed by atoms with Crippen LogP contribution in [0.4, 0.5) is 0 Å². The summed E-state index contributed by atoms with van der Waals surface area (Å²) in [7, 11) is 0. The van der Waals surface area contributed by atoms with Crippen molar-refractivity contribution in [3.63, 3.8) is 0 Å².